The van der Waals surface area contributed by atoms with Crippen LogP contribution in [-0.4, -0.2) is 16.3 Å². The molecule has 90 valence electrons. The van der Waals surface area contributed by atoms with Crippen LogP contribution in [0.2, 0.25) is 0 Å². The van der Waals surface area contributed by atoms with Gasteiger partial charge in [-0.05, 0) is 18.6 Å². The van der Waals surface area contributed by atoms with Gasteiger partial charge in [0.05, 0.1) is 6.10 Å². The van der Waals surface area contributed by atoms with Gasteiger partial charge in [0.2, 0.25) is 0 Å². The highest BCUT2D eigenvalue weighted by molar-refractivity contribution is 5.57. The molecule has 1 rings (SSSR count). The second-order valence-corrected chi connectivity index (χ2v) is 4.04. The van der Waals surface area contributed by atoms with Crippen LogP contribution in [0.1, 0.15) is 37.9 Å². The first kappa shape index (κ1) is 12.8. The zero-order valence-electron chi connectivity index (χ0n) is 9.56. The number of nitrogens with two attached hydrogens (primary N) is 2. The van der Waals surface area contributed by atoms with Crippen molar-refractivity contribution in [3.05, 3.63) is 23.8 Å². The van der Waals surface area contributed by atoms with Crippen molar-refractivity contribution < 1.29 is 10.2 Å². The molecule has 0 heterocycles. The summed E-state index contributed by atoms with van der Waals surface area (Å²) in [6, 6.07) is 4.91. The fraction of sp³-hybridized carbons (Fsp3) is 0.500. The van der Waals surface area contributed by atoms with Gasteiger partial charge in [-0.3, -0.25) is 0 Å². The first-order chi connectivity index (χ1) is 7.56. The second-order valence-electron chi connectivity index (χ2n) is 4.04. The summed E-state index contributed by atoms with van der Waals surface area (Å²) < 4.78 is 0. The van der Waals surface area contributed by atoms with E-state index in [-0.39, 0.29) is 0 Å². The maximum Gasteiger partial charge on any atom is 0.107 e. The van der Waals surface area contributed by atoms with Gasteiger partial charge in [-0.2, -0.15) is 0 Å². The van der Waals surface area contributed by atoms with Gasteiger partial charge in [-0.25, -0.2) is 0 Å². The molecular weight excluding hydrogens is 204 g/mol. The molecule has 0 aliphatic heterocycles. The minimum atomic E-state index is -0.938. The van der Waals surface area contributed by atoms with E-state index in [1.807, 2.05) is 6.92 Å². The zero-order chi connectivity index (χ0) is 12.1. The van der Waals surface area contributed by atoms with Crippen LogP contribution in [0, 0.1) is 0 Å². The van der Waals surface area contributed by atoms with Gasteiger partial charge in [0.1, 0.15) is 6.10 Å². The average molecular weight is 224 g/mol. The molecular formula is C12H20N2O2. The first-order valence-corrected chi connectivity index (χ1v) is 5.57. The molecule has 0 fully saturated rings. The van der Waals surface area contributed by atoms with Crippen molar-refractivity contribution in [1.29, 1.82) is 0 Å². The zero-order valence-corrected chi connectivity index (χ0v) is 9.56. The molecule has 0 aliphatic rings. The third-order valence-corrected chi connectivity index (χ3v) is 2.65. The molecule has 4 nitrogen and oxygen atoms in total. The number of hydrogen-bond acceptors (Lipinski definition) is 4. The Hall–Kier alpha value is -1.26. The lowest BCUT2D eigenvalue weighted by molar-refractivity contribution is 0.0127. The summed E-state index contributed by atoms with van der Waals surface area (Å²) in [4.78, 5) is 0. The van der Waals surface area contributed by atoms with E-state index in [2.05, 4.69) is 0 Å². The summed E-state index contributed by atoms with van der Waals surface area (Å²) in [5, 5.41) is 19.7. The van der Waals surface area contributed by atoms with Crippen molar-refractivity contribution in [2.75, 3.05) is 11.5 Å². The third kappa shape index (κ3) is 3.12. The number of benzene rings is 1. The topological polar surface area (TPSA) is 92.5 Å². The van der Waals surface area contributed by atoms with Crippen LogP contribution < -0.4 is 11.5 Å². The van der Waals surface area contributed by atoms with Crippen molar-refractivity contribution in [1.82, 2.24) is 0 Å². The Labute approximate surface area is 95.9 Å². The molecule has 0 aliphatic carbocycles. The first-order valence-electron chi connectivity index (χ1n) is 5.57. The Morgan fingerprint density at radius 1 is 1.25 bits per heavy atom. The third-order valence-electron chi connectivity index (χ3n) is 2.65. The molecule has 6 N–H and O–H groups in total. The molecule has 0 saturated carbocycles. The highest BCUT2D eigenvalue weighted by Crippen LogP contribution is 2.26. The largest absolute Gasteiger partial charge is 0.399 e. The fourth-order valence-corrected chi connectivity index (χ4v) is 1.64. The van der Waals surface area contributed by atoms with E-state index in [9.17, 15) is 10.2 Å². The van der Waals surface area contributed by atoms with Crippen LogP contribution in [-0.2, 0) is 0 Å². The van der Waals surface area contributed by atoms with Gasteiger partial charge in [0, 0.05) is 16.9 Å². The summed E-state index contributed by atoms with van der Waals surface area (Å²) in [7, 11) is 0. The van der Waals surface area contributed by atoms with Crippen LogP contribution in [0.15, 0.2) is 18.2 Å². The summed E-state index contributed by atoms with van der Waals surface area (Å²) in [6.07, 6.45) is 0.730. The van der Waals surface area contributed by atoms with E-state index in [0.29, 0.717) is 23.4 Å². The van der Waals surface area contributed by atoms with E-state index in [0.717, 1.165) is 12.8 Å². The molecule has 0 saturated heterocycles. The van der Waals surface area contributed by atoms with E-state index in [1.165, 1.54) is 0 Å². The standard InChI is InChI=1S/C12H20N2O2/c1-2-3-4-11(15)12(16)9-6-5-8(13)7-10(9)14/h5-7,11-12,15-16H,2-4,13-14H2,1H3/t11-,12-/m0/s1. The van der Waals surface area contributed by atoms with Gasteiger partial charge in [0.15, 0.2) is 0 Å². The van der Waals surface area contributed by atoms with Crippen LogP contribution in [0.5, 0.6) is 0 Å². The molecule has 1 aromatic carbocycles. The minimum Gasteiger partial charge on any atom is -0.399 e. The van der Waals surface area contributed by atoms with E-state index in [4.69, 9.17) is 11.5 Å². The normalized spacial score (nSPS) is 14.7. The summed E-state index contributed by atoms with van der Waals surface area (Å²) in [6.45, 7) is 2.04. The quantitative estimate of drug-likeness (QED) is 0.569. The SMILES string of the molecule is CCCC[C@H](O)[C@@H](O)c1ccc(N)cc1N. The number of aliphatic hydroxyl groups is 2. The predicted molar refractivity (Wildman–Crippen MR) is 65.8 cm³/mol. The van der Waals surface area contributed by atoms with E-state index < -0.39 is 12.2 Å². The number of aliphatic hydroxyl groups excluding tert-OH is 2. The second kappa shape index (κ2) is 5.72. The van der Waals surface area contributed by atoms with Crippen LogP contribution >= 0.6 is 0 Å². The van der Waals surface area contributed by atoms with Gasteiger partial charge >= 0.3 is 0 Å². The van der Waals surface area contributed by atoms with Gasteiger partial charge in [-0.15, -0.1) is 0 Å². The summed E-state index contributed by atoms with van der Waals surface area (Å²) in [5.41, 5.74) is 12.8. The Kier molecular flexibility index (Phi) is 4.58. The maximum absolute atomic E-state index is 9.92. The molecule has 0 unspecified atom stereocenters. The van der Waals surface area contributed by atoms with Crippen LogP contribution in [0.25, 0.3) is 0 Å². The van der Waals surface area contributed by atoms with Gasteiger partial charge < -0.3 is 21.7 Å². The molecule has 0 aromatic heterocycles. The number of rotatable bonds is 5. The van der Waals surface area contributed by atoms with Crippen LogP contribution in [0.4, 0.5) is 11.4 Å². The monoisotopic (exact) mass is 224 g/mol. The Balaban J connectivity index is 2.75. The number of anilines is 2. The lowest BCUT2D eigenvalue weighted by Crippen LogP contribution is -2.19. The van der Waals surface area contributed by atoms with Crippen molar-refractivity contribution in [3.8, 4) is 0 Å². The molecule has 16 heavy (non-hydrogen) atoms. The van der Waals surface area contributed by atoms with Crippen molar-refractivity contribution in [3.63, 3.8) is 0 Å². The summed E-state index contributed by atoms with van der Waals surface area (Å²) in [5.74, 6) is 0. The summed E-state index contributed by atoms with van der Waals surface area (Å²) >= 11 is 0. The Bertz CT molecular complexity index is 342. The fourth-order valence-electron chi connectivity index (χ4n) is 1.64. The molecule has 0 radical (unpaired) electrons. The smallest absolute Gasteiger partial charge is 0.107 e. The Morgan fingerprint density at radius 3 is 2.50 bits per heavy atom. The average Bonchev–Trinajstić information content (AvgIpc) is 2.25. The van der Waals surface area contributed by atoms with Gasteiger partial charge in [-0.1, -0.05) is 25.8 Å². The van der Waals surface area contributed by atoms with E-state index in [1.54, 1.807) is 18.2 Å². The lowest BCUT2D eigenvalue weighted by atomic mass is 9.98. The predicted octanol–water partition coefficient (Wildman–Crippen LogP) is 1.44. The van der Waals surface area contributed by atoms with Crippen molar-refractivity contribution in [2.24, 2.45) is 0 Å². The molecule has 1 aromatic rings. The van der Waals surface area contributed by atoms with E-state index >= 15 is 0 Å². The van der Waals surface area contributed by atoms with Gasteiger partial charge in [0.25, 0.3) is 0 Å². The molecule has 0 amide bonds. The lowest BCUT2D eigenvalue weighted by Gasteiger charge is -2.19. The number of nitrogen functional groups attached to an aromatic ring is 2. The molecule has 0 bridgehead atoms. The number of hydrogen-bond donors (Lipinski definition) is 4. The molecule has 2 atom stereocenters. The highest BCUT2D eigenvalue weighted by atomic mass is 16.3. The van der Waals surface area contributed by atoms with Crippen LogP contribution in [0.3, 0.4) is 0 Å². The minimum absolute atomic E-state index is 0.419. The Morgan fingerprint density at radius 2 is 1.94 bits per heavy atom. The number of unbranched alkanes of at least 4 members (excludes halogenated alkanes) is 1. The molecule has 0 spiro atoms. The molecule has 4 heteroatoms. The highest BCUT2D eigenvalue weighted by Gasteiger charge is 2.19. The van der Waals surface area contributed by atoms with Crippen molar-refractivity contribution >= 4 is 11.4 Å². The maximum atomic E-state index is 9.92. The van der Waals surface area contributed by atoms with Crippen molar-refractivity contribution in [2.45, 2.75) is 38.4 Å².